The van der Waals surface area contributed by atoms with Crippen LogP contribution in [0.2, 0.25) is 0 Å². The molecule has 1 unspecified atom stereocenters. The number of imidazole rings is 1. The van der Waals surface area contributed by atoms with Crippen molar-refractivity contribution < 1.29 is 9.90 Å². The summed E-state index contributed by atoms with van der Waals surface area (Å²) in [5.41, 5.74) is 0.768. The second-order valence-corrected chi connectivity index (χ2v) is 7.39. The predicted octanol–water partition coefficient (Wildman–Crippen LogP) is 2.71. The number of aromatic nitrogens is 2. The lowest BCUT2D eigenvalue weighted by atomic mass is 9.66. The van der Waals surface area contributed by atoms with Crippen LogP contribution in [-0.4, -0.2) is 38.1 Å². The quantitative estimate of drug-likeness (QED) is 0.915. The summed E-state index contributed by atoms with van der Waals surface area (Å²) >= 11 is 0. The first-order valence-electron chi connectivity index (χ1n) is 9.16. The van der Waals surface area contributed by atoms with E-state index in [9.17, 15) is 9.90 Å². The zero-order chi connectivity index (χ0) is 17.4. The number of hydrogen-bond donors (Lipinski definition) is 1. The van der Waals surface area contributed by atoms with Crippen LogP contribution in [-0.2, 0) is 12.6 Å². The smallest absolute Gasteiger partial charge is 0.272 e. The van der Waals surface area contributed by atoms with Gasteiger partial charge in [-0.2, -0.15) is 0 Å². The van der Waals surface area contributed by atoms with Crippen molar-refractivity contribution in [3.63, 3.8) is 0 Å². The Morgan fingerprint density at radius 3 is 2.72 bits per heavy atom. The van der Waals surface area contributed by atoms with Crippen LogP contribution in [0.1, 0.15) is 48.2 Å². The average Bonchev–Trinajstić information content (AvgIpc) is 3.08. The Morgan fingerprint density at radius 2 is 2.00 bits per heavy atom. The first-order valence-corrected chi connectivity index (χ1v) is 9.16. The third-order valence-corrected chi connectivity index (χ3v) is 6.05. The molecule has 0 bridgehead atoms. The van der Waals surface area contributed by atoms with E-state index in [-0.39, 0.29) is 17.9 Å². The Morgan fingerprint density at radius 1 is 1.24 bits per heavy atom. The van der Waals surface area contributed by atoms with E-state index in [2.05, 4.69) is 4.98 Å². The average molecular weight is 339 g/mol. The van der Waals surface area contributed by atoms with E-state index >= 15 is 0 Å². The van der Waals surface area contributed by atoms with Gasteiger partial charge in [0.2, 0.25) is 0 Å². The third-order valence-electron chi connectivity index (χ3n) is 6.05. The van der Waals surface area contributed by atoms with Gasteiger partial charge in [0.15, 0.2) is 0 Å². The van der Waals surface area contributed by atoms with Crippen molar-refractivity contribution in [2.75, 3.05) is 6.54 Å². The Balaban J connectivity index is 1.67. The van der Waals surface area contributed by atoms with E-state index in [1.54, 1.807) is 17.1 Å². The van der Waals surface area contributed by atoms with Gasteiger partial charge in [-0.25, -0.2) is 4.98 Å². The van der Waals surface area contributed by atoms with Crippen LogP contribution in [0.25, 0.3) is 0 Å². The summed E-state index contributed by atoms with van der Waals surface area (Å²) in [6.07, 6.45) is 8.04. The lowest BCUT2D eigenvalue weighted by Gasteiger charge is -2.52. The molecule has 3 atom stereocenters. The monoisotopic (exact) mass is 339 g/mol. The molecule has 0 radical (unpaired) electrons. The predicted molar refractivity (Wildman–Crippen MR) is 94.9 cm³/mol. The number of likely N-dealkylation sites (tertiary alicyclic amines) is 1. The number of piperidine rings is 1. The van der Waals surface area contributed by atoms with Crippen molar-refractivity contribution >= 4 is 5.91 Å². The van der Waals surface area contributed by atoms with Gasteiger partial charge in [0, 0.05) is 25.6 Å². The van der Waals surface area contributed by atoms with Crippen molar-refractivity contribution in [3.8, 4) is 0 Å². The molecule has 5 nitrogen and oxygen atoms in total. The van der Waals surface area contributed by atoms with Gasteiger partial charge in [0.1, 0.15) is 5.69 Å². The van der Waals surface area contributed by atoms with Crippen molar-refractivity contribution in [2.24, 2.45) is 13.0 Å². The maximum absolute atomic E-state index is 13.1. The topological polar surface area (TPSA) is 58.4 Å². The third kappa shape index (κ3) is 2.67. The van der Waals surface area contributed by atoms with E-state index in [1.165, 1.54) is 0 Å². The minimum atomic E-state index is -0.838. The highest BCUT2D eigenvalue weighted by atomic mass is 16.3. The highest BCUT2D eigenvalue weighted by Gasteiger charge is 2.50. The van der Waals surface area contributed by atoms with Crippen LogP contribution >= 0.6 is 0 Å². The molecular weight excluding hydrogens is 314 g/mol. The van der Waals surface area contributed by atoms with Crippen LogP contribution < -0.4 is 0 Å². The SMILES string of the molecule is Cn1cncc1C(=O)N1CC[C@@](O)(c2ccccc2)[C@@H]2CCCCC21. The number of aliphatic hydroxyl groups is 1. The first-order chi connectivity index (χ1) is 12.1. The zero-order valence-corrected chi connectivity index (χ0v) is 14.6. The fourth-order valence-corrected chi connectivity index (χ4v) is 4.73. The summed E-state index contributed by atoms with van der Waals surface area (Å²) in [6.45, 7) is 0.580. The van der Waals surface area contributed by atoms with Gasteiger partial charge >= 0.3 is 0 Å². The van der Waals surface area contributed by atoms with Crippen LogP contribution in [0, 0.1) is 5.92 Å². The molecular formula is C20H25N3O2. The first kappa shape index (κ1) is 16.3. The number of aryl methyl sites for hydroxylation is 1. The van der Waals surface area contributed by atoms with E-state index in [1.807, 2.05) is 42.3 Å². The van der Waals surface area contributed by atoms with Crippen LogP contribution in [0.5, 0.6) is 0 Å². The number of fused-ring (bicyclic) bond motifs is 1. The minimum absolute atomic E-state index is 0.0343. The lowest BCUT2D eigenvalue weighted by molar-refractivity contribution is -0.110. The summed E-state index contributed by atoms with van der Waals surface area (Å²) in [6, 6.07) is 10.1. The van der Waals surface area contributed by atoms with E-state index < -0.39 is 5.60 Å². The molecule has 5 heteroatoms. The molecule has 2 aliphatic rings. The molecule has 132 valence electrons. The largest absolute Gasteiger partial charge is 0.385 e. The zero-order valence-electron chi connectivity index (χ0n) is 14.6. The normalized spacial score (nSPS) is 29.3. The minimum Gasteiger partial charge on any atom is -0.385 e. The maximum Gasteiger partial charge on any atom is 0.272 e. The van der Waals surface area contributed by atoms with Crippen molar-refractivity contribution in [2.45, 2.75) is 43.7 Å². The summed E-state index contributed by atoms with van der Waals surface area (Å²) in [5, 5.41) is 11.6. The number of benzene rings is 1. The van der Waals surface area contributed by atoms with Gasteiger partial charge in [-0.1, -0.05) is 43.2 Å². The molecule has 1 saturated heterocycles. The molecule has 4 rings (SSSR count). The summed E-state index contributed by atoms with van der Waals surface area (Å²) in [5.74, 6) is 0.126. The Hall–Kier alpha value is -2.14. The molecule has 2 heterocycles. The summed E-state index contributed by atoms with van der Waals surface area (Å²) < 4.78 is 1.78. The molecule has 25 heavy (non-hydrogen) atoms. The second kappa shape index (κ2) is 6.30. The van der Waals surface area contributed by atoms with E-state index in [4.69, 9.17) is 0 Å². The maximum atomic E-state index is 13.1. The van der Waals surface area contributed by atoms with E-state index in [0.717, 1.165) is 31.2 Å². The standard InChI is InChI=1S/C20H25N3O2/c1-22-14-21-13-18(22)19(24)23-12-11-20(25,15-7-3-2-4-8-15)16-9-5-6-10-17(16)23/h2-4,7-8,13-14,16-17,25H,5-6,9-12H2,1H3/t16-,17?,20-/m1/s1. The molecule has 1 aromatic heterocycles. The molecule has 2 aromatic rings. The number of rotatable bonds is 2. The number of hydrogen-bond acceptors (Lipinski definition) is 3. The van der Waals surface area contributed by atoms with Crippen molar-refractivity contribution in [1.29, 1.82) is 0 Å². The highest BCUT2D eigenvalue weighted by molar-refractivity contribution is 5.92. The van der Waals surface area contributed by atoms with Crippen LogP contribution in [0.3, 0.4) is 0 Å². The van der Waals surface area contributed by atoms with E-state index in [0.29, 0.717) is 18.7 Å². The van der Waals surface area contributed by atoms with Gasteiger partial charge in [-0.05, 0) is 24.8 Å². The van der Waals surface area contributed by atoms with Gasteiger partial charge < -0.3 is 14.6 Å². The Bertz CT molecular complexity index is 757. The lowest BCUT2D eigenvalue weighted by Crippen LogP contribution is -2.59. The molecule has 1 N–H and O–H groups in total. The molecule has 2 fully saturated rings. The molecule has 1 aliphatic heterocycles. The van der Waals surface area contributed by atoms with Gasteiger partial charge in [-0.3, -0.25) is 4.79 Å². The molecule has 1 saturated carbocycles. The van der Waals surface area contributed by atoms with Gasteiger partial charge in [0.25, 0.3) is 5.91 Å². The summed E-state index contributed by atoms with van der Waals surface area (Å²) in [7, 11) is 1.85. The van der Waals surface area contributed by atoms with Gasteiger partial charge in [0.05, 0.1) is 18.1 Å². The molecule has 1 aliphatic carbocycles. The van der Waals surface area contributed by atoms with Crippen LogP contribution in [0.4, 0.5) is 0 Å². The fraction of sp³-hybridized carbons (Fsp3) is 0.500. The number of carbonyl (C=O) groups is 1. The highest BCUT2D eigenvalue weighted by Crippen LogP contribution is 2.47. The van der Waals surface area contributed by atoms with Crippen molar-refractivity contribution in [3.05, 3.63) is 54.1 Å². The molecule has 1 aromatic carbocycles. The molecule has 0 spiro atoms. The van der Waals surface area contributed by atoms with Gasteiger partial charge in [-0.15, -0.1) is 0 Å². The van der Waals surface area contributed by atoms with Crippen LogP contribution in [0.15, 0.2) is 42.9 Å². The Labute approximate surface area is 148 Å². The second-order valence-electron chi connectivity index (χ2n) is 7.39. The Kier molecular flexibility index (Phi) is 4.12. The fourth-order valence-electron chi connectivity index (χ4n) is 4.73. The number of amides is 1. The molecule has 1 amide bonds. The number of carbonyl (C=O) groups excluding carboxylic acids is 1. The summed E-state index contributed by atoms with van der Waals surface area (Å²) in [4.78, 5) is 19.1. The van der Waals surface area contributed by atoms with Crippen molar-refractivity contribution in [1.82, 2.24) is 14.5 Å². The number of nitrogens with zero attached hydrogens (tertiary/aromatic N) is 3.